The van der Waals surface area contributed by atoms with Crippen LogP contribution in [0.2, 0.25) is 0 Å². The van der Waals surface area contributed by atoms with Gasteiger partial charge >= 0.3 is 0 Å². The van der Waals surface area contributed by atoms with Crippen molar-refractivity contribution in [1.82, 2.24) is 23.9 Å². The van der Waals surface area contributed by atoms with Crippen LogP contribution in [0.4, 0.5) is 14.6 Å². The van der Waals surface area contributed by atoms with Crippen LogP contribution in [0, 0.1) is 11.8 Å². The Labute approximate surface area is 161 Å². The summed E-state index contributed by atoms with van der Waals surface area (Å²) in [5, 5.41) is 12.4. The van der Waals surface area contributed by atoms with Crippen molar-refractivity contribution in [3.05, 3.63) is 17.6 Å². The van der Waals surface area contributed by atoms with Gasteiger partial charge in [0.15, 0.2) is 0 Å². The van der Waals surface area contributed by atoms with E-state index in [2.05, 4.69) is 20.4 Å². The summed E-state index contributed by atoms with van der Waals surface area (Å²) in [5.41, 5.74) is 0.733. The van der Waals surface area contributed by atoms with Gasteiger partial charge in [0.2, 0.25) is 5.82 Å². The lowest BCUT2D eigenvalue weighted by atomic mass is 9.95. The number of nitrogens with zero attached hydrogens (tertiary/aromatic N) is 5. The van der Waals surface area contributed by atoms with Gasteiger partial charge < -0.3 is 5.32 Å². The molecule has 1 saturated carbocycles. The monoisotopic (exact) mass is 415 g/mol. The molecule has 2 aromatic rings. The molecule has 2 aliphatic rings. The number of nitrogens with one attached hydrogen (secondary N) is 1. The Morgan fingerprint density at radius 3 is 2.64 bits per heavy atom. The summed E-state index contributed by atoms with van der Waals surface area (Å²) in [6.07, 6.45) is -1.25. The van der Waals surface area contributed by atoms with Gasteiger partial charge in [-0.15, -0.1) is 5.10 Å². The lowest BCUT2D eigenvalue weighted by molar-refractivity contribution is 0.140. The normalized spacial score (nSPS) is 25.5. The van der Waals surface area contributed by atoms with Gasteiger partial charge in [0.1, 0.15) is 5.82 Å². The van der Waals surface area contributed by atoms with Crippen LogP contribution in [0.5, 0.6) is 0 Å². The van der Waals surface area contributed by atoms with Crippen LogP contribution in [0.1, 0.15) is 50.6 Å². The summed E-state index contributed by atoms with van der Waals surface area (Å²) in [7, 11) is -3.66. The Kier molecular flexibility index (Phi) is 4.74. The van der Waals surface area contributed by atoms with Crippen LogP contribution in [0.3, 0.4) is 0 Å². The van der Waals surface area contributed by atoms with Gasteiger partial charge in [0.25, 0.3) is 22.4 Å². The van der Waals surface area contributed by atoms with Gasteiger partial charge in [-0.3, -0.25) is 0 Å². The first-order valence-corrected chi connectivity index (χ1v) is 10.7. The molecule has 2 aromatic heterocycles. The largest absolute Gasteiger partial charge is 0.370 e. The van der Waals surface area contributed by atoms with E-state index in [9.17, 15) is 17.2 Å². The quantitative estimate of drug-likeness (QED) is 0.738. The number of hydrogen-bond donors (Lipinski definition) is 2. The molecular formula is C16H23F2N7O2S. The standard InChI is InChI=1S/C16H23F2N7O2S/c1-8(2)12-5-13(25-16(21-12)22-15(23-25)14(17)18)20-6-9-3-11-4-10(9)7-24(11)28(19,26)27/h5,8-11,14,20H,3-4,6-7H2,1-2H3,(H2,19,26,27)/t9-,10-,11+/m0/s1. The minimum atomic E-state index is -3.66. The third kappa shape index (κ3) is 3.44. The fraction of sp³-hybridized carbons (Fsp3) is 0.688. The van der Waals surface area contributed by atoms with Gasteiger partial charge in [-0.25, -0.2) is 18.9 Å². The Balaban J connectivity index is 1.54. The number of nitrogens with two attached hydrogens (primary N) is 1. The highest BCUT2D eigenvalue weighted by Gasteiger charge is 2.48. The lowest BCUT2D eigenvalue weighted by Crippen LogP contribution is -2.44. The second-order valence-electron chi connectivity index (χ2n) is 7.84. The number of piperidine rings is 1. The third-order valence-corrected chi connectivity index (χ3v) is 6.75. The molecule has 4 rings (SSSR count). The molecule has 2 fully saturated rings. The van der Waals surface area contributed by atoms with Gasteiger partial charge in [0, 0.05) is 25.2 Å². The maximum Gasteiger partial charge on any atom is 0.299 e. The zero-order valence-electron chi connectivity index (χ0n) is 15.6. The Morgan fingerprint density at radius 1 is 1.32 bits per heavy atom. The average Bonchev–Trinajstić information content (AvgIpc) is 3.31. The van der Waals surface area contributed by atoms with Crippen molar-refractivity contribution < 1.29 is 17.2 Å². The van der Waals surface area contributed by atoms with Gasteiger partial charge in [-0.2, -0.15) is 22.2 Å². The molecule has 12 heteroatoms. The number of alkyl halides is 2. The SMILES string of the molecule is CC(C)c1cc(NC[C@@H]2C[C@@H]3C[C@H]2CN3S(N)(=O)=O)n2nc(C(F)F)nc2n1. The maximum atomic E-state index is 13.0. The molecule has 0 spiro atoms. The van der Waals surface area contributed by atoms with E-state index in [1.165, 1.54) is 8.82 Å². The van der Waals surface area contributed by atoms with Crippen LogP contribution in [-0.4, -0.2) is 51.4 Å². The number of aromatic nitrogens is 4. The zero-order chi connectivity index (χ0) is 20.2. The van der Waals surface area contributed by atoms with E-state index in [1.54, 1.807) is 6.07 Å². The van der Waals surface area contributed by atoms with Crippen LogP contribution in [0.25, 0.3) is 5.78 Å². The van der Waals surface area contributed by atoms with E-state index in [0.29, 0.717) is 18.9 Å². The highest BCUT2D eigenvalue weighted by atomic mass is 32.2. The topological polar surface area (TPSA) is 119 Å². The summed E-state index contributed by atoms with van der Waals surface area (Å²) >= 11 is 0. The van der Waals surface area contributed by atoms with Gasteiger partial charge in [0.05, 0.1) is 5.69 Å². The van der Waals surface area contributed by atoms with E-state index in [-0.39, 0.29) is 29.6 Å². The fourth-order valence-electron chi connectivity index (χ4n) is 4.23. The highest BCUT2D eigenvalue weighted by Crippen LogP contribution is 2.42. The maximum absolute atomic E-state index is 13.0. The van der Waals surface area contributed by atoms with Crippen molar-refractivity contribution in [3.63, 3.8) is 0 Å². The molecule has 1 aliphatic heterocycles. The van der Waals surface area contributed by atoms with E-state index in [4.69, 9.17) is 5.14 Å². The van der Waals surface area contributed by atoms with E-state index in [0.717, 1.165) is 18.5 Å². The molecule has 1 aliphatic carbocycles. The smallest absolute Gasteiger partial charge is 0.299 e. The van der Waals surface area contributed by atoms with Crippen LogP contribution in [0.15, 0.2) is 6.07 Å². The molecule has 3 heterocycles. The number of hydrogen-bond acceptors (Lipinski definition) is 6. The summed E-state index contributed by atoms with van der Waals surface area (Å²) in [4.78, 5) is 8.16. The van der Waals surface area contributed by atoms with Crippen molar-refractivity contribution in [2.45, 2.75) is 45.1 Å². The van der Waals surface area contributed by atoms with E-state index >= 15 is 0 Å². The van der Waals surface area contributed by atoms with Gasteiger partial charge in [-0.1, -0.05) is 13.8 Å². The number of rotatable bonds is 6. The predicted octanol–water partition coefficient (Wildman–Crippen LogP) is 1.51. The van der Waals surface area contributed by atoms with Crippen molar-refractivity contribution in [3.8, 4) is 0 Å². The summed E-state index contributed by atoms with van der Waals surface area (Å²) in [6, 6.07) is 1.73. The molecule has 154 valence electrons. The van der Waals surface area contributed by atoms with Crippen molar-refractivity contribution in [2.75, 3.05) is 18.4 Å². The second-order valence-corrected chi connectivity index (χ2v) is 9.34. The van der Waals surface area contributed by atoms with Crippen molar-refractivity contribution in [1.29, 1.82) is 0 Å². The van der Waals surface area contributed by atoms with Crippen LogP contribution in [-0.2, 0) is 10.2 Å². The number of halogens is 2. The molecule has 0 unspecified atom stereocenters. The van der Waals surface area contributed by atoms with Crippen molar-refractivity contribution >= 4 is 21.8 Å². The molecule has 28 heavy (non-hydrogen) atoms. The first-order valence-electron chi connectivity index (χ1n) is 9.22. The molecule has 3 atom stereocenters. The Hall–Kier alpha value is -1.92. The molecule has 0 aromatic carbocycles. The minimum absolute atomic E-state index is 0.0627. The summed E-state index contributed by atoms with van der Waals surface area (Å²) < 4.78 is 51.9. The van der Waals surface area contributed by atoms with Crippen LogP contribution >= 0.6 is 0 Å². The molecule has 0 amide bonds. The van der Waals surface area contributed by atoms with E-state index in [1.807, 2.05) is 13.8 Å². The highest BCUT2D eigenvalue weighted by molar-refractivity contribution is 7.86. The summed E-state index contributed by atoms with van der Waals surface area (Å²) in [6.45, 7) is 4.94. The minimum Gasteiger partial charge on any atom is -0.370 e. The predicted molar refractivity (Wildman–Crippen MR) is 98.1 cm³/mol. The molecule has 2 bridgehead atoms. The summed E-state index contributed by atoms with van der Waals surface area (Å²) in [5.74, 6) is 0.733. The van der Waals surface area contributed by atoms with Crippen molar-refractivity contribution in [2.24, 2.45) is 17.0 Å². The molecule has 0 radical (unpaired) electrons. The Morgan fingerprint density at radius 2 is 2.07 bits per heavy atom. The molecule has 1 saturated heterocycles. The van der Waals surface area contributed by atoms with Gasteiger partial charge in [-0.05, 0) is 30.6 Å². The fourth-order valence-corrected chi connectivity index (χ4v) is 5.22. The first-order chi connectivity index (χ1) is 13.1. The van der Waals surface area contributed by atoms with E-state index < -0.39 is 22.5 Å². The third-order valence-electron chi connectivity index (χ3n) is 5.65. The second kappa shape index (κ2) is 6.85. The molecule has 3 N–H and O–H groups in total. The molecule has 9 nitrogen and oxygen atoms in total. The molecular weight excluding hydrogens is 392 g/mol. The zero-order valence-corrected chi connectivity index (χ0v) is 16.4. The number of fused-ring (bicyclic) bond motifs is 3. The number of anilines is 1. The Bertz CT molecular complexity index is 994. The lowest BCUT2D eigenvalue weighted by Gasteiger charge is -2.29. The van der Waals surface area contributed by atoms with Crippen LogP contribution < -0.4 is 10.5 Å². The first kappa shape index (κ1) is 19.4. The average molecular weight is 415 g/mol.